The van der Waals surface area contributed by atoms with Crippen molar-refractivity contribution in [3.05, 3.63) is 84.1 Å². The highest BCUT2D eigenvalue weighted by Gasteiger charge is 2.39. The standard InChI is InChI=1S/C23H20N4O4S/c1-27(2)21-20(22(28)17-7-3-4-8-18(17)23(21)29)25-15-10-12-16(13-11-15)32(30,31)26-19-9-5-6-14-24-19/h3-14,21H,1-2H3,(H,24,26). The van der Waals surface area contributed by atoms with Gasteiger partial charge in [-0.05, 0) is 50.5 Å². The van der Waals surface area contributed by atoms with Gasteiger partial charge in [0.25, 0.3) is 10.0 Å². The summed E-state index contributed by atoms with van der Waals surface area (Å²) < 4.78 is 27.6. The molecular formula is C23H20N4O4S. The number of sulfonamides is 1. The number of ketones is 2. The summed E-state index contributed by atoms with van der Waals surface area (Å²) in [7, 11) is -0.424. The first-order chi connectivity index (χ1) is 15.3. The number of hydrogen-bond donors (Lipinski definition) is 1. The highest BCUT2D eigenvalue weighted by Crippen LogP contribution is 2.26. The fraction of sp³-hybridized carbons (Fsp3) is 0.130. The minimum absolute atomic E-state index is 0.0210. The summed E-state index contributed by atoms with van der Waals surface area (Å²) in [5, 5.41) is 0. The van der Waals surface area contributed by atoms with Crippen molar-refractivity contribution in [2.45, 2.75) is 10.9 Å². The predicted octanol–water partition coefficient (Wildman–Crippen LogP) is 2.96. The van der Waals surface area contributed by atoms with E-state index < -0.39 is 16.1 Å². The zero-order valence-electron chi connectivity index (χ0n) is 17.4. The summed E-state index contributed by atoms with van der Waals surface area (Å²) in [5.74, 6) is -0.328. The van der Waals surface area contributed by atoms with E-state index in [0.29, 0.717) is 16.8 Å². The number of pyridine rings is 1. The van der Waals surface area contributed by atoms with Gasteiger partial charge in [0, 0.05) is 17.3 Å². The fourth-order valence-electron chi connectivity index (χ4n) is 3.48. The lowest BCUT2D eigenvalue weighted by molar-refractivity contribution is 0.0890. The van der Waals surface area contributed by atoms with E-state index in [-0.39, 0.29) is 28.0 Å². The zero-order chi connectivity index (χ0) is 22.9. The first-order valence-electron chi connectivity index (χ1n) is 9.75. The van der Waals surface area contributed by atoms with E-state index in [2.05, 4.69) is 14.7 Å². The number of nitrogens with zero attached hydrogens (tertiary/aromatic N) is 3. The Kier molecular flexibility index (Phi) is 5.68. The number of aromatic nitrogens is 1. The molecular weight excluding hydrogens is 428 g/mol. The van der Waals surface area contributed by atoms with Gasteiger partial charge in [0.1, 0.15) is 17.6 Å². The molecule has 0 spiro atoms. The molecule has 0 radical (unpaired) electrons. The van der Waals surface area contributed by atoms with E-state index in [4.69, 9.17) is 0 Å². The number of anilines is 1. The van der Waals surface area contributed by atoms with Crippen LogP contribution in [0, 0.1) is 0 Å². The normalized spacial score (nSPS) is 17.5. The number of rotatable bonds is 5. The van der Waals surface area contributed by atoms with Gasteiger partial charge >= 0.3 is 0 Å². The van der Waals surface area contributed by atoms with Crippen molar-refractivity contribution in [2.24, 2.45) is 4.99 Å². The van der Waals surface area contributed by atoms with Crippen molar-refractivity contribution in [3.63, 3.8) is 0 Å². The van der Waals surface area contributed by atoms with Crippen molar-refractivity contribution < 1.29 is 18.0 Å². The Hall–Kier alpha value is -3.69. The van der Waals surface area contributed by atoms with Gasteiger partial charge in [0.05, 0.1) is 10.6 Å². The quantitative estimate of drug-likeness (QED) is 0.643. The molecule has 0 saturated heterocycles. The molecule has 0 fully saturated rings. The largest absolute Gasteiger partial charge is 0.294 e. The minimum Gasteiger partial charge on any atom is -0.294 e. The maximum atomic E-state index is 13.1. The fourth-order valence-corrected chi connectivity index (χ4v) is 4.49. The van der Waals surface area contributed by atoms with Gasteiger partial charge in [-0.3, -0.25) is 19.2 Å². The molecule has 0 amide bonds. The van der Waals surface area contributed by atoms with Crippen LogP contribution in [0.2, 0.25) is 0 Å². The van der Waals surface area contributed by atoms with Crippen molar-refractivity contribution in [1.29, 1.82) is 0 Å². The number of carbonyl (C=O) groups excluding carboxylic acids is 2. The van der Waals surface area contributed by atoms with Crippen LogP contribution in [0.5, 0.6) is 0 Å². The molecule has 162 valence electrons. The van der Waals surface area contributed by atoms with Crippen molar-refractivity contribution in [3.8, 4) is 0 Å². The Morgan fingerprint density at radius 2 is 1.56 bits per heavy atom. The van der Waals surface area contributed by atoms with E-state index in [1.54, 1.807) is 61.5 Å². The van der Waals surface area contributed by atoms with Crippen molar-refractivity contribution in [2.75, 3.05) is 18.8 Å². The smallest absolute Gasteiger partial charge is 0.263 e. The van der Waals surface area contributed by atoms with Gasteiger partial charge in [-0.25, -0.2) is 18.4 Å². The lowest BCUT2D eigenvalue weighted by Gasteiger charge is -2.28. The van der Waals surface area contributed by atoms with Crippen molar-refractivity contribution >= 4 is 38.8 Å². The molecule has 2 aromatic carbocycles. The summed E-state index contributed by atoms with van der Waals surface area (Å²) in [4.78, 5) is 36.1. The lowest BCUT2D eigenvalue weighted by atomic mass is 9.84. The summed E-state index contributed by atoms with van der Waals surface area (Å²) in [6.07, 6.45) is 1.48. The van der Waals surface area contributed by atoms with E-state index in [9.17, 15) is 18.0 Å². The molecule has 0 bridgehead atoms. The maximum absolute atomic E-state index is 13.1. The first kappa shape index (κ1) is 21.5. The second-order valence-corrected chi connectivity index (χ2v) is 9.10. The molecule has 1 aliphatic rings. The number of likely N-dealkylation sites (N-methyl/N-ethyl adjacent to an activating group) is 1. The minimum atomic E-state index is -3.84. The van der Waals surface area contributed by atoms with Gasteiger partial charge in [-0.15, -0.1) is 0 Å². The molecule has 1 aliphatic carbocycles. The Labute approximate surface area is 185 Å². The predicted molar refractivity (Wildman–Crippen MR) is 121 cm³/mol. The topological polar surface area (TPSA) is 109 Å². The zero-order valence-corrected chi connectivity index (χ0v) is 18.2. The summed E-state index contributed by atoms with van der Waals surface area (Å²) in [6.45, 7) is 0. The number of fused-ring (bicyclic) bond motifs is 1. The Morgan fingerprint density at radius 3 is 2.19 bits per heavy atom. The molecule has 9 heteroatoms. The number of Topliss-reactive ketones (excluding diaryl/α,β-unsaturated/α-hetero) is 2. The average molecular weight is 449 g/mol. The summed E-state index contributed by atoms with van der Waals surface area (Å²) >= 11 is 0. The van der Waals surface area contributed by atoms with E-state index >= 15 is 0 Å². The van der Waals surface area contributed by atoms with E-state index in [0.717, 1.165) is 0 Å². The third kappa shape index (κ3) is 4.08. The Morgan fingerprint density at radius 1 is 0.906 bits per heavy atom. The van der Waals surface area contributed by atoms with Crippen LogP contribution >= 0.6 is 0 Å². The highest BCUT2D eigenvalue weighted by atomic mass is 32.2. The number of nitrogens with one attached hydrogen (secondary N) is 1. The second kappa shape index (κ2) is 8.45. The SMILES string of the molecule is CN(C)C1C(=O)c2ccccc2C(=O)C1=Nc1ccc(S(=O)(=O)Nc2ccccn2)cc1. The summed E-state index contributed by atoms with van der Waals surface area (Å²) in [6, 6.07) is 16.5. The number of hydrogen-bond acceptors (Lipinski definition) is 7. The number of aliphatic imine (C=N–C) groups is 1. The second-order valence-electron chi connectivity index (χ2n) is 7.42. The third-order valence-electron chi connectivity index (χ3n) is 4.99. The average Bonchev–Trinajstić information content (AvgIpc) is 2.78. The molecule has 0 aliphatic heterocycles. The van der Waals surface area contributed by atoms with E-state index in [1.807, 2.05) is 0 Å². The van der Waals surface area contributed by atoms with Crippen LogP contribution in [0.1, 0.15) is 20.7 Å². The first-order valence-corrected chi connectivity index (χ1v) is 11.2. The number of carbonyl (C=O) groups is 2. The van der Waals surface area contributed by atoms with Gasteiger partial charge in [0.15, 0.2) is 5.78 Å². The summed E-state index contributed by atoms with van der Waals surface area (Å²) in [5.41, 5.74) is 1.15. The molecule has 1 atom stereocenters. The van der Waals surface area contributed by atoms with Crippen LogP contribution in [0.15, 0.2) is 82.8 Å². The van der Waals surface area contributed by atoms with Gasteiger partial charge in [0.2, 0.25) is 5.78 Å². The molecule has 32 heavy (non-hydrogen) atoms. The molecule has 3 aromatic rings. The van der Waals surface area contributed by atoms with E-state index in [1.165, 1.54) is 30.5 Å². The number of benzene rings is 2. The molecule has 1 N–H and O–H groups in total. The molecule has 1 heterocycles. The highest BCUT2D eigenvalue weighted by molar-refractivity contribution is 7.92. The Balaban J connectivity index is 1.67. The monoisotopic (exact) mass is 448 g/mol. The lowest BCUT2D eigenvalue weighted by Crippen LogP contribution is -2.49. The van der Waals surface area contributed by atoms with Crippen LogP contribution in [0.4, 0.5) is 11.5 Å². The van der Waals surface area contributed by atoms with Crippen LogP contribution in [-0.2, 0) is 10.0 Å². The Bertz CT molecular complexity index is 1320. The molecule has 1 aromatic heterocycles. The van der Waals surface area contributed by atoms with Gasteiger partial charge < -0.3 is 0 Å². The molecule has 8 nitrogen and oxygen atoms in total. The van der Waals surface area contributed by atoms with Crippen LogP contribution in [-0.4, -0.2) is 55.7 Å². The third-order valence-corrected chi connectivity index (χ3v) is 6.36. The maximum Gasteiger partial charge on any atom is 0.263 e. The van der Waals surface area contributed by atoms with Crippen molar-refractivity contribution in [1.82, 2.24) is 9.88 Å². The molecule has 1 unspecified atom stereocenters. The molecule has 4 rings (SSSR count). The van der Waals surface area contributed by atoms with Gasteiger partial charge in [-0.1, -0.05) is 30.3 Å². The molecule has 0 saturated carbocycles. The van der Waals surface area contributed by atoms with Crippen LogP contribution in [0.25, 0.3) is 0 Å². The van der Waals surface area contributed by atoms with Crippen LogP contribution < -0.4 is 4.72 Å². The van der Waals surface area contributed by atoms with Crippen LogP contribution in [0.3, 0.4) is 0 Å². The van der Waals surface area contributed by atoms with Gasteiger partial charge in [-0.2, -0.15) is 0 Å².